The van der Waals surface area contributed by atoms with Crippen LogP contribution in [0.5, 0.6) is 0 Å². The Kier molecular flexibility index (Phi) is 5.10. The van der Waals surface area contributed by atoms with Crippen molar-refractivity contribution in [2.45, 2.75) is 13.5 Å². The monoisotopic (exact) mass is 368 g/mol. The minimum absolute atomic E-state index is 0.000398. The Hall–Kier alpha value is -2.42. The molecule has 0 aliphatic carbocycles. The second kappa shape index (κ2) is 7.03. The molecule has 22 heavy (non-hydrogen) atoms. The van der Waals surface area contributed by atoms with Gasteiger partial charge in [0.25, 0.3) is 0 Å². The van der Waals surface area contributed by atoms with E-state index in [9.17, 15) is 14.9 Å². The Labute approximate surface area is 134 Å². The summed E-state index contributed by atoms with van der Waals surface area (Å²) in [6.07, 6.45) is 0.555. The minimum atomic E-state index is -0.622. The molecule has 0 unspecified atom stereocenters. The first-order valence-corrected chi connectivity index (χ1v) is 7.12. The fraction of sp³-hybridized carbons (Fsp3) is 0.231. The van der Waals surface area contributed by atoms with Gasteiger partial charge in [-0.15, -0.1) is 0 Å². The lowest BCUT2D eigenvalue weighted by Gasteiger charge is -2.07. The Balaban J connectivity index is 1.86. The number of rotatable bonds is 5. The summed E-state index contributed by atoms with van der Waals surface area (Å²) in [5.41, 5.74) is 0.595. The highest BCUT2D eigenvalue weighted by molar-refractivity contribution is 9.10. The number of anilines is 1. The number of hydrogen-bond acceptors (Lipinski definition) is 5. The van der Waals surface area contributed by atoms with Gasteiger partial charge < -0.3 is 14.9 Å². The fourth-order valence-electron chi connectivity index (χ4n) is 1.80. The predicted molar refractivity (Wildman–Crippen MR) is 82.7 cm³/mol. The van der Waals surface area contributed by atoms with E-state index in [0.29, 0.717) is 11.5 Å². The van der Waals surface area contributed by atoms with Crippen LogP contribution in [-0.4, -0.2) is 27.2 Å². The minimum Gasteiger partial charge on any atom is -0.445 e. The number of nitrogens with one attached hydrogen (secondary N) is 1. The summed E-state index contributed by atoms with van der Waals surface area (Å²) < 4.78 is 7.29. The zero-order valence-corrected chi connectivity index (χ0v) is 13.2. The number of benzene rings is 1. The molecule has 9 heteroatoms. The fourth-order valence-corrected chi connectivity index (χ4v) is 2.06. The summed E-state index contributed by atoms with van der Waals surface area (Å²) in [4.78, 5) is 25.8. The van der Waals surface area contributed by atoms with Crippen LogP contribution in [0.3, 0.4) is 0 Å². The number of aryl methyl sites for hydroxylation is 1. The van der Waals surface area contributed by atoms with Crippen molar-refractivity contribution < 1.29 is 14.5 Å². The molecule has 0 saturated heterocycles. The molecule has 2 rings (SSSR count). The van der Waals surface area contributed by atoms with Crippen LogP contribution < -0.4 is 5.32 Å². The van der Waals surface area contributed by atoms with E-state index >= 15 is 0 Å². The first-order valence-electron chi connectivity index (χ1n) is 6.33. The van der Waals surface area contributed by atoms with E-state index in [1.165, 1.54) is 10.8 Å². The van der Waals surface area contributed by atoms with E-state index in [1.807, 2.05) is 0 Å². The predicted octanol–water partition coefficient (Wildman–Crippen LogP) is 3.11. The van der Waals surface area contributed by atoms with E-state index in [-0.39, 0.29) is 19.0 Å². The van der Waals surface area contributed by atoms with Crippen molar-refractivity contribution in [3.8, 4) is 0 Å². The van der Waals surface area contributed by atoms with Crippen LogP contribution in [0.4, 0.5) is 16.3 Å². The molecule has 0 bridgehead atoms. The molecule has 0 fully saturated rings. The number of hydrogen-bond donors (Lipinski definition) is 1. The van der Waals surface area contributed by atoms with Gasteiger partial charge in [0, 0.05) is 17.1 Å². The van der Waals surface area contributed by atoms with Crippen LogP contribution in [0.15, 0.2) is 34.9 Å². The molecule has 0 aliphatic rings. The van der Waals surface area contributed by atoms with Gasteiger partial charge in [0.15, 0.2) is 5.82 Å². The van der Waals surface area contributed by atoms with Crippen LogP contribution in [0.1, 0.15) is 5.82 Å². The van der Waals surface area contributed by atoms with Crippen molar-refractivity contribution in [3.05, 3.63) is 50.9 Å². The maximum absolute atomic E-state index is 11.6. The van der Waals surface area contributed by atoms with E-state index in [2.05, 4.69) is 26.2 Å². The average molecular weight is 369 g/mol. The summed E-state index contributed by atoms with van der Waals surface area (Å²) in [5.74, 6) is 0.359. The van der Waals surface area contributed by atoms with Gasteiger partial charge in [-0.2, -0.15) is 0 Å². The summed E-state index contributed by atoms with van der Waals surface area (Å²) in [6.45, 7) is 1.81. The van der Waals surface area contributed by atoms with E-state index in [0.717, 1.165) is 4.47 Å². The van der Waals surface area contributed by atoms with Crippen molar-refractivity contribution in [2.24, 2.45) is 0 Å². The van der Waals surface area contributed by atoms with Gasteiger partial charge >= 0.3 is 11.9 Å². The quantitative estimate of drug-likeness (QED) is 0.645. The lowest BCUT2D eigenvalue weighted by Crippen LogP contribution is -2.18. The van der Waals surface area contributed by atoms with Crippen molar-refractivity contribution in [1.82, 2.24) is 9.55 Å². The standard InChI is InChI=1S/C13H13BrN4O4/c1-9-15-8-12(18(20)21)17(9)6-7-22-13(19)16-11-4-2-10(14)3-5-11/h2-5,8H,6-7H2,1H3,(H,16,19). The number of imidazole rings is 1. The first kappa shape index (κ1) is 16.0. The van der Waals surface area contributed by atoms with Crippen molar-refractivity contribution >= 4 is 33.5 Å². The number of ether oxygens (including phenoxy) is 1. The molecule has 2 aromatic rings. The zero-order chi connectivity index (χ0) is 16.1. The van der Waals surface area contributed by atoms with Gasteiger partial charge in [-0.1, -0.05) is 15.9 Å². The van der Waals surface area contributed by atoms with Crippen LogP contribution in [0.25, 0.3) is 0 Å². The highest BCUT2D eigenvalue weighted by Gasteiger charge is 2.17. The molecule has 0 saturated carbocycles. The molecule has 0 spiro atoms. The molecule has 0 atom stereocenters. The van der Waals surface area contributed by atoms with E-state index in [1.54, 1.807) is 31.2 Å². The van der Waals surface area contributed by atoms with Crippen LogP contribution in [0.2, 0.25) is 0 Å². The Morgan fingerprint density at radius 3 is 2.77 bits per heavy atom. The Morgan fingerprint density at radius 1 is 1.45 bits per heavy atom. The maximum Gasteiger partial charge on any atom is 0.411 e. The summed E-state index contributed by atoms with van der Waals surface area (Å²) >= 11 is 3.29. The van der Waals surface area contributed by atoms with Crippen LogP contribution in [0, 0.1) is 17.0 Å². The molecule has 1 aromatic heterocycles. The Morgan fingerprint density at radius 2 is 2.14 bits per heavy atom. The van der Waals surface area contributed by atoms with Gasteiger partial charge in [-0.3, -0.25) is 5.32 Å². The molecule has 1 N–H and O–H groups in total. The molecular formula is C13H13BrN4O4. The number of amides is 1. The molecule has 116 valence electrons. The number of carbonyl (C=O) groups excluding carboxylic acids is 1. The highest BCUT2D eigenvalue weighted by atomic mass is 79.9. The highest BCUT2D eigenvalue weighted by Crippen LogP contribution is 2.15. The summed E-state index contributed by atoms with van der Waals surface area (Å²) in [6, 6.07) is 7.01. The second-order valence-electron chi connectivity index (χ2n) is 4.34. The maximum atomic E-state index is 11.6. The van der Waals surface area contributed by atoms with Gasteiger partial charge in [-0.25, -0.2) is 14.3 Å². The number of nitrogens with zero attached hydrogens (tertiary/aromatic N) is 3. The molecule has 0 radical (unpaired) electrons. The lowest BCUT2D eigenvalue weighted by molar-refractivity contribution is -0.392. The van der Waals surface area contributed by atoms with Gasteiger partial charge in [0.05, 0.1) is 0 Å². The third kappa shape index (κ3) is 4.04. The van der Waals surface area contributed by atoms with Crippen molar-refractivity contribution in [3.63, 3.8) is 0 Å². The number of aromatic nitrogens is 2. The molecule has 1 amide bonds. The normalized spacial score (nSPS) is 10.3. The molecule has 1 heterocycles. The smallest absolute Gasteiger partial charge is 0.411 e. The van der Waals surface area contributed by atoms with E-state index in [4.69, 9.17) is 4.74 Å². The summed E-state index contributed by atoms with van der Waals surface area (Å²) in [5, 5.41) is 13.4. The SMILES string of the molecule is Cc1ncc([N+](=O)[O-])n1CCOC(=O)Nc1ccc(Br)cc1. The number of halogens is 1. The third-order valence-electron chi connectivity index (χ3n) is 2.86. The molecule has 1 aromatic carbocycles. The molecule has 8 nitrogen and oxygen atoms in total. The molecule has 0 aliphatic heterocycles. The van der Waals surface area contributed by atoms with Gasteiger partial charge in [-0.05, 0) is 29.2 Å². The van der Waals surface area contributed by atoms with E-state index < -0.39 is 11.0 Å². The molecular weight excluding hydrogens is 356 g/mol. The second-order valence-corrected chi connectivity index (χ2v) is 5.26. The first-order chi connectivity index (χ1) is 10.5. The number of carbonyl (C=O) groups is 1. The van der Waals surface area contributed by atoms with Gasteiger partial charge in [0.2, 0.25) is 0 Å². The van der Waals surface area contributed by atoms with Gasteiger partial charge in [0.1, 0.15) is 19.3 Å². The zero-order valence-electron chi connectivity index (χ0n) is 11.7. The topological polar surface area (TPSA) is 99.3 Å². The van der Waals surface area contributed by atoms with Crippen LogP contribution in [-0.2, 0) is 11.3 Å². The Bertz CT molecular complexity index is 684. The van der Waals surface area contributed by atoms with Crippen molar-refractivity contribution in [1.29, 1.82) is 0 Å². The average Bonchev–Trinajstić information content (AvgIpc) is 2.83. The summed E-state index contributed by atoms with van der Waals surface area (Å²) in [7, 11) is 0. The lowest BCUT2D eigenvalue weighted by atomic mass is 10.3. The third-order valence-corrected chi connectivity index (χ3v) is 3.39. The van der Waals surface area contributed by atoms with Crippen molar-refractivity contribution in [2.75, 3.05) is 11.9 Å². The number of nitro groups is 1. The largest absolute Gasteiger partial charge is 0.445 e. The van der Waals surface area contributed by atoms with Crippen LogP contribution >= 0.6 is 15.9 Å².